The van der Waals surface area contributed by atoms with E-state index in [0.29, 0.717) is 55.6 Å². The lowest BCUT2D eigenvalue weighted by molar-refractivity contribution is -0.132. The topological polar surface area (TPSA) is 76.5 Å². The number of benzene rings is 2. The number of carbonyl (C=O) groups is 1. The van der Waals surface area contributed by atoms with Crippen molar-refractivity contribution in [2.24, 2.45) is 0 Å². The maximum atomic E-state index is 13.8. The van der Waals surface area contributed by atoms with Crippen LogP contribution in [0.3, 0.4) is 0 Å². The molecule has 0 saturated heterocycles. The minimum absolute atomic E-state index is 0.0380. The van der Waals surface area contributed by atoms with Crippen LogP contribution in [0.4, 0.5) is 4.39 Å². The molecule has 212 valence electrons. The van der Waals surface area contributed by atoms with E-state index in [1.54, 1.807) is 33.4 Å². The molecule has 0 radical (unpaired) electrons. The summed E-state index contributed by atoms with van der Waals surface area (Å²) in [5.41, 5.74) is 2.12. The molecule has 1 aliphatic heterocycles. The molecule has 1 aliphatic carbocycles. The first-order valence-corrected chi connectivity index (χ1v) is 15.3. The summed E-state index contributed by atoms with van der Waals surface area (Å²) in [6.45, 7) is 2.79. The third-order valence-electron chi connectivity index (χ3n) is 7.33. The molecule has 10 heteroatoms. The number of rotatable bonds is 12. The maximum Gasteiger partial charge on any atom is 0.264 e. The van der Waals surface area contributed by atoms with Gasteiger partial charge in [0.1, 0.15) is 11.6 Å². The summed E-state index contributed by atoms with van der Waals surface area (Å²) in [7, 11) is 0. The van der Waals surface area contributed by atoms with Crippen molar-refractivity contribution >= 4 is 30.3 Å². The van der Waals surface area contributed by atoms with Crippen molar-refractivity contribution in [1.82, 2.24) is 19.8 Å². The zero-order valence-corrected chi connectivity index (χ0v) is 24.2. The van der Waals surface area contributed by atoms with Gasteiger partial charge in [-0.3, -0.25) is 14.2 Å². The van der Waals surface area contributed by atoms with Gasteiger partial charge >= 0.3 is 0 Å². The van der Waals surface area contributed by atoms with Gasteiger partial charge in [0.2, 0.25) is 5.91 Å². The second kappa shape index (κ2) is 13.7. The standard InChI is InChI=1S/C30H35FN4O3S2/c31-21-6-10-23(11-7-21)38-19-2-1-16-32-17-14-28(36)34-18-15-27-26(20-34)29(37)35(22-8-12-24(39)13-9-22)30(33-27)40-25-4-3-5-25/h6-13,25,32,39H,1-5,14-20H2. The summed E-state index contributed by atoms with van der Waals surface area (Å²) in [6, 6.07) is 13.6. The van der Waals surface area contributed by atoms with Crippen LogP contribution in [0.1, 0.15) is 49.8 Å². The molecule has 2 aromatic carbocycles. The molecular formula is C30H35FN4O3S2. The van der Waals surface area contributed by atoms with Gasteiger partial charge in [0.25, 0.3) is 5.56 Å². The lowest BCUT2D eigenvalue weighted by Crippen LogP contribution is -2.42. The molecule has 2 heterocycles. The minimum atomic E-state index is -0.277. The Balaban J connectivity index is 1.13. The highest BCUT2D eigenvalue weighted by atomic mass is 32.2. The molecule has 3 aromatic rings. The van der Waals surface area contributed by atoms with E-state index in [9.17, 15) is 14.0 Å². The SMILES string of the molecule is O=C(CCNCCCCOc1ccc(F)cc1)N1CCc2nc(SC3CCC3)n(-c3ccc(S)cc3)c(=O)c2C1. The molecule has 0 spiro atoms. The molecule has 1 fully saturated rings. The predicted octanol–water partition coefficient (Wildman–Crippen LogP) is 5.03. The fraction of sp³-hybridized carbons (Fsp3) is 0.433. The third-order valence-corrected chi connectivity index (χ3v) is 8.92. The van der Waals surface area contributed by atoms with Gasteiger partial charge < -0.3 is 15.0 Å². The second-order valence-corrected chi connectivity index (χ2v) is 12.0. The third kappa shape index (κ3) is 7.27. The fourth-order valence-corrected chi connectivity index (χ4v) is 6.24. The summed E-state index contributed by atoms with van der Waals surface area (Å²) < 4.78 is 20.3. The molecule has 1 amide bonds. The summed E-state index contributed by atoms with van der Waals surface area (Å²) in [6.07, 6.45) is 6.25. The Hall–Kier alpha value is -2.82. The Morgan fingerprint density at radius 2 is 1.88 bits per heavy atom. The normalized spacial score (nSPS) is 15.0. The molecule has 1 N–H and O–H groups in total. The number of unbranched alkanes of at least 4 members (excludes halogenated alkanes) is 1. The predicted molar refractivity (Wildman–Crippen MR) is 158 cm³/mol. The van der Waals surface area contributed by atoms with Crippen LogP contribution in [0, 0.1) is 5.82 Å². The van der Waals surface area contributed by atoms with Gasteiger partial charge in [-0.25, -0.2) is 9.37 Å². The van der Waals surface area contributed by atoms with Crippen molar-refractivity contribution < 1.29 is 13.9 Å². The van der Waals surface area contributed by atoms with Gasteiger partial charge in [0.15, 0.2) is 5.16 Å². The fourth-order valence-electron chi connectivity index (χ4n) is 4.77. The number of aromatic nitrogens is 2. The van der Waals surface area contributed by atoms with E-state index in [2.05, 4.69) is 17.9 Å². The summed E-state index contributed by atoms with van der Waals surface area (Å²) >= 11 is 6.08. The van der Waals surface area contributed by atoms with E-state index >= 15 is 0 Å². The van der Waals surface area contributed by atoms with Crippen LogP contribution >= 0.6 is 24.4 Å². The first-order chi connectivity index (χ1) is 19.5. The van der Waals surface area contributed by atoms with E-state index in [0.717, 1.165) is 53.7 Å². The zero-order valence-electron chi connectivity index (χ0n) is 22.5. The van der Waals surface area contributed by atoms with E-state index in [-0.39, 0.29) is 17.3 Å². The van der Waals surface area contributed by atoms with Crippen molar-refractivity contribution in [1.29, 1.82) is 0 Å². The highest BCUT2D eigenvalue weighted by molar-refractivity contribution is 7.99. The summed E-state index contributed by atoms with van der Waals surface area (Å²) in [5.74, 6) is 0.422. The van der Waals surface area contributed by atoms with Crippen LogP contribution in [0.2, 0.25) is 0 Å². The Kier molecular flexibility index (Phi) is 9.83. The van der Waals surface area contributed by atoms with Gasteiger partial charge in [-0.15, -0.1) is 12.6 Å². The average molecular weight is 583 g/mol. The average Bonchev–Trinajstić information content (AvgIpc) is 2.93. The number of hydrogen-bond acceptors (Lipinski definition) is 7. The quantitative estimate of drug-likeness (QED) is 0.177. The van der Waals surface area contributed by atoms with Gasteiger partial charge in [-0.1, -0.05) is 18.2 Å². The number of nitrogens with zero attached hydrogens (tertiary/aromatic N) is 3. The number of amides is 1. The van der Waals surface area contributed by atoms with Gasteiger partial charge in [0, 0.05) is 36.1 Å². The van der Waals surface area contributed by atoms with Crippen molar-refractivity contribution in [2.45, 2.75) is 66.8 Å². The van der Waals surface area contributed by atoms with Crippen LogP contribution in [-0.4, -0.2) is 51.8 Å². The minimum Gasteiger partial charge on any atom is -0.494 e. The summed E-state index contributed by atoms with van der Waals surface area (Å²) in [4.78, 5) is 34.3. The lowest BCUT2D eigenvalue weighted by Gasteiger charge is -2.30. The monoisotopic (exact) mass is 582 g/mol. The molecule has 7 nitrogen and oxygen atoms in total. The van der Waals surface area contributed by atoms with Crippen LogP contribution in [-0.2, 0) is 17.8 Å². The van der Waals surface area contributed by atoms with Crippen LogP contribution in [0.15, 0.2) is 63.4 Å². The number of thiol groups is 1. The number of nitrogens with one attached hydrogen (secondary N) is 1. The number of thioether (sulfide) groups is 1. The number of hydrogen-bond donors (Lipinski definition) is 2. The van der Waals surface area contributed by atoms with E-state index < -0.39 is 0 Å². The first-order valence-electron chi connectivity index (χ1n) is 14.0. The van der Waals surface area contributed by atoms with Gasteiger partial charge in [-0.2, -0.15) is 0 Å². The van der Waals surface area contributed by atoms with Gasteiger partial charge in [0.05, 0.1) is 30.1 Å². The number of ether oxygens (including phenoxy) is 1. The lowest BCUT2D eigenvalue weighted by atomic mass is 10.0. The Bertz CT molecular complexity index is 1360. The van der Waals surface area contributed by atoms with E-state index in [1.165, 1.54) is 18.6 Å². The van der Waals surface area contributed by atoms with Crippen molar-refractivity contribution in [3.8, 4) is 11.4 Å². The molecule has 1 aromatic heterocycles. The van der Waals surface area contributed by atoms with Crippen molar-refractivity contribution in [2.75, 3.05) is 26.2 Å². The van der Waals surface area contributed by atoms with Crippen molar-refractivity contribution in [3.63, 3.8) is 0 Å². The number of fused-ring (bicyclic) bond motifs is 1. The van der Waals surface area contributed by atoms with Gasteiger partial charge in [-0.05, 0) is 80.8 Å². The maximum absolute atomic E-state index is 13.8. The van der Waals surface area contributed by atoms with Crippen LogP contribution < -0.4 is 15.6 Å². The molecule has 0 unspecified atom stereocenters. The Labute approximate surface area is 243 Å². The number of halogens is 1. The smallest absolute Gasteiger partial charge is 0.264 e. The van der Waals surface area contributed by atoms with E-state index in [1.807, 2.05) is 24.3 Å². The number of carbonyl (C=O) groups excluding carboxylic acids is 1. The highest BCUT2D eigenvalue weighted by Gasteiger charge is 2.28. The molecule has 40 heavy (non-hydrogen) atoms. The molecule has 2 aliphatic rings. The Morgan fingerprint density at radius 1 is 1.10 bits per heavy atom. The van der Waals surface area contributed by atoms with E-state index in [4.69, 9.17) is 9.72 Å². The molecule has 1 saturated carbocycles. The first kappa shape index (κ1) is 28.7. The highest BCUT2D eigenvalue weighted by Crippen LogP contribution is 2.36. The molecule has 0 atom stereocenters. The largest absolute Gasteiger partial charge is 0.494 e. The van der Waals surface area contributed by atoms with Crippen molar-refractivity contribution in [3.05, 3.63) is 76.0 Å². The molecular weight excluding hydrogens is 547 g/mol. The summed E-state index contributed by atoms with van der Waals surface area (Å²) in [5, 5.41) is 4.56. The van der Waals surface area contributed by atoms with Crippen LogP contribution in [0.25, 0.3) is 5.69 Å². The molecule has 0 bridgehead atoms. The van der Waals surface area contributed by atoms with Crippen LogP contribution in [0.5, 0.6) is 5.75 Å². The molecule has 5 rings (SSSR count). The zero-order chi connectivity index (χ0) is 27.9. The Morgan fingerprint density at radius 3 is 2.60 bits per heavy atom. The second-order valence-electron chi connectivity index (χ2n) is 10.2.